The average Bonchev–Trinajstić information content (AvgIpc) is 2.40. The number of anilines is 1. The zero-order chi connectivity index (χ0) is 12.8. The molecule has 0 aliphatic carbocycles. The van der Waals surface area contributed by atoms with E-state index in [0.717, 1.165) is 16.8 Å². The molecule has 2 aromatic carbocycles. The molecular formula is C15H13NO2. The number of aromatic hydroxyl groups is 1. The number of hydrogen-bond donors (Lipinski definition) is 2. The van der Waals surface area contributed by atoms with Crippen LogP contribution in [0, 0.1) is 0 Å². The lowest BCUT2D eigenvalue weighted by atomic mass is 10.1. The van der Waals surface area contributed by atoms with E-state index < -0.39 is 0 Å². The van der Waals surface area contributed by atoms with E-state index >= 15 is 0 Å². The summed E-state index contributed by atoms with van der Waals surface area (Å²) in [6, 6.07) is 14.4. The van der Waals surface area contributed by atoms with Gasteiger partial charge in [-0.05, 0) is 29.3 Å². The Bertz CT molecular complexity index is 559. The predicted octanol–water partition coefficient (Wildman–Crippen LogP) is 3.13. The van der Waals surface area contributed by atoms with Crippen molar-refractivity contribution >= 4 is 24.2 Å². The first-order valence-corrected chi connectivity index (χ1v) is 5.56. The quantitative estimate of drug-likeness (QED) is 0.636. The van der Waals surface area contributed by atoms with Crippen LogP contribution in [0.1, 0.15) is 11.1 Å². The Kier molecular flexibility index (Phi) is 3.76. The minimum absolute atomic E-state index is 0.246. The van der Waals surface area contributed by atoms with Gasteiger partial charge in [0.1, 0.15) is 5.75 Å². The Morgan fingerprint density at radius 1 is 0.944 bits per heavy atom. The van der Waals surface area contributed by atoms with Crippen LogP contribution in [0.2, 0.25) is 0 Å². The highest BCUT2D eigenvalue weighted by Gasteiger charge is 1.96. The fourth-order valence-corrected chi connectivity index (χ4v) is 1.61. The molecule has 0 radical (unpaired) electrons. The standard InChI is InChI=1S/C15H13NO2/c17-11-16-15-4-2-1-3-13(15)8-5-12-6-9-14(18)10-7-12/h1-11,18H,(H,16,17)/b8-5+. The molecule has 0 aliphatic heterocycles. The van der Waals surface area contributed by atoms with Gasteiger partial charge in [0.2, 0.25) is 6.41 Å². The van der Waals surface area contributed by atoms with Crippen LogP contribution in [0.15, 0.2) is 48.5 Å². The van der Waals surface area contributed by atoms with Gasteiger partial charge in [-0.25, -0.2) is 0 Å². The minimum atomic E-state index is 0.246. The number of carbonyl (C=O) groups excluding carboxylic acids is 1. The first-order chi connectivity index (χ1) is 8.79. The van der Waals surface area contributed by atoms with Crippen molar-refractivity contribution in [2.24, 2.45) is 0 Å². The predicted molar refractivity (Wildman–Crippen MR) is 73.2 cm³/mol. The zero-order valence-corrected chi connectivity index (χ0v) is 9.71. The highest BCUT2D eigenvalue weighted by Crippen LogP contribution is 2.18. The molecule has 0 fully saturated rings. The normalized spacial score (nSPS) is 10.4. The summed E-state index contributed by atoms with van der Waals surface area (Å²) in [5.41, 5.74) is 2.67. The molecule has 2 rings (SSSR count). The molecule has 0 saturated carbocycles. The Labute approximate surface area is 105 Å². The van der Waals surface area contributed by atoms with Gasteiger partial charge in [-0.2, -0.15) is 0 Å². The third-order valence-electron chi connectivity index (χ3n) is 2.52. The number of hydrogen-bond acceptors (Lipinski definition) is 2. The molecule has 0 aromatic heterocycles. The van der Waals surface area contributed by atoms with E-state index in [1.165, 1.54) is 0 Å². The van der Waals surface area contributed by atoms with Crippen molar-refractivity contribution in [1.82, 2.24) is 0 Å². The van der Waals surface area contributed by atoms with E-state index in [1.54, 1.807) is 12.1 Å². The van der Waals surface area contributed by atoms with Gasteiger partial charge in [0.15, 0.2) is 0 Å². The number of benzene rings is 2. The maximum atomic E-state index is 10.5. The highest BCUT2D eigenvalue weighted by atomic mass is 16.3. The van der Waals surface area contributed by atoms with Gasteiger partial charge >= 0.3 is 0 Å². The third-order valence-corrected chi connectivity index (χ3v) is 2.52. The molecule has 3 nitrogen and oxygen atoms in total. The van der Waals surface area contributed by atoms with Crippen LogP contribution >= 0.6 is 0 Å². The summed E-state index contributed by atoms with van der Waals surface area (Å²) in [4.78, 5) is 10.5. The van der Waals surface area contributed by atoms with Gasteiger partial charge in [0.25, 0.3) is 0 Å². The van der Waals surface area contributed by atoms with Crippen molar-refractivity contribution in [1.29, 1.82) is 0 Å². The molecule has 0 unspecified atom stereocenters. The summed E-state index contributed by atoms with van der Waals surface area (Å²) in [7, 11) is 0. The number of carbonyl (C=O) groups is 1. The second-order valence-corrected chi connectivity index (χ2v) is 3.77. The maximum absolute atomic E-state index is 10.5. The summed E-state index contributed by atoms with van der Waals surface area (Å²) in [5, 5.41) is 11.8. The first-order valence-electron chi connectivity index (χ1n) is 5.56. The number of phenols is 1. The van der Waals surface area contributed by atoms with Gasteiger partial charge in [-0.1, -0.05) is 42.5 Å². The molecule has 1 amide bonds. The molecule has 18 heavy (non-hydrogen) atoms. The maximum Gasteiger partial charge on any atom is 0.211 e. The zero-order valence-electron chi connectivity index (χ0n) is 9.71. The molecule has 0 spiro atoms. The SMILES string of the molecule is O=CNc1ccccc1/C=C/c1ccc(O)cc1. The second-order valence-electron chi connectivity index (χ2n) is 3.77. The molecule has 2 N–H and O–H groups in total. The van der Waals surface area contributed by atoms with Crippen molar-refractivity contribution < 1.29 is 9.90 Å². The number of para-hydroxylation sites is 1. The highest BCUT2D eigenvalue weighted by molar-refractivity contribution is 5.82. The summed E-state index contributed by atoms with van der Waals surface area (Å²) >= 11 is 0. The third kappa shape index (κ3) is 2.98. The van der Waals surface area contributed by atoms with Gasteiger partial charge in [0.05, 0.1) is 0 Å². The first kappa shape index (κ1) is 11.9. The Hall–Kier alpha value is -2.55. The van der Waals surface area contributed by atoms with E-state index in [0.29, 0.717) is 6.41 Å². The van der Waals surface area contributed by atoms with E-state index in [1.807, 2.05) is 48.6 Å². The van der Waals surface area contributed by atoms with E-state index in [9.17, 15) is 9.90 Å². The molecule has 0 atom stereocenters. The molecule has 90 valence electrons. The second kappa shape index (κ2) is 5.68. The molecule has 0 bridgehead atoms. The average molecular weight is 239 g/mol. The Balaban J connectivity index is 2.22. The smallest absolute Gasteiger partial charge is 0.211 e. The molecular weight excluding hydrogens is 226 g/mol. The lowest BCUT2D eigenvalue weighted by Crippen LogP contribution is -1.95. The largest absolute Gasteiger partial charge is 0.508 e. The van der Waals surface area contributed by atoms with Crippen molar-refractivity contribution in [2.75, 3.05) is 5.32 Å². The van der Waals surface area contributed by atoms with Gasteiger partial charge < -0.3 is 10.4 Å². The molecule has 2 aromatic rings. The number of phenolic OH excluding ortho intramolecular Hbond substituents is 1. The summed E-state index contributed by atoms with van der Waals surface area (Å²) in [6.07, 6.45) is 4.50. The number of rotatable bonds is 4. The van der Waals surface area contributed by atoms with Crippen molar-refractivity contribution in [3.05, 3.63) is 59.7 Å². The number of amides is 1. The fourth-order valence-electron chi connectivity index (χ4n) is 1.61. The van der Waals surface area contributed by atoms with Crippen LogP contribution in [0.4, 0.5) is 5.69 Å². The van der Waals surface area contributed by atoms with Gasteiger partial charge in [-0.15, -0.1) is 0 Å². The van der Waals surface area contributed by atoms with Crippen LogP contribution in [-0.4, -0.2) is 11.5 Å². The van der Waals surface area contributed by atoms with Crippen molar-refractivity contribution in [3.8, 4) is 5.75 Å². The van der Waals surface area contributed by atoms with Gasteiger partial charge in [0, 0.05) is 5.69 Å². The van der Waals surface area contributed by atoms with Crippen molar-refractivity contribution in [2.45, 2.75) is 0 Å². The van der Waals surface area contributed by atoms with Crippen LogP contribution in [0.5, 0.6) is 5.75 Å². The summed E-state index contributed by atoms with van der Waals surface area (Å²) < 4.78 is 0. The lowest BCUT2D eigenvalue weighted by molar-refractivity contribution is -0.105. The monoisotopic (exact) mass is 239 g/mol. The molecule has 0 saturated heterocycles. The summed E-state index contributed by atoms with van der Waals surface area (Å²) in [5.74, 6) is 0.246. The molecule has 0 aliphatic rings. The number of nitrogens with one attached hydrogen (secondary N) is 1. The van der Waals surface area contributed by atoms with E-state index in [2.05, 4.69) is 5.32 Å². The Morgan fingerprint density at radius 2 is 1.67 bits per heavy atom. The van der Waals surface area contributed by atoms with Crippen LogP contribution < -0.4 is 5.32 Å². The van der Waals surface area contributed by atoms with Gasteiger partial charge in [-0.3, -0.25) is 4.79 Å². The van der Waals surface area contributed by atoms with Crippen molar-refractivity contribution in [3.63, 3.8) is 0 Å². The lowest BCUT2D eigenvalue weighted by Gasteiger charge is -2.03. The summed E-state index contributed by atoms with van der Waals surface area (Å²) in [6.45, 7) is 0. The topological polar surface area (TPSA) is 49.3 Å². The fraction of sp³-hybridized carbons (Fsp3) is 0. The molecule has 3 heteroatoms. The van der Waals surface area contributed by atoms with E-state index in [4.69, 9.17) is 0 Å². The van der Waals surface area contributed by atoms with Crippen LogP contribution in [-0.2, 0) is 4.79 Å². The minimum Gasteiger partial charge on any atom is -0.508 e. The van der Waals surface area contributed by atoms with Crippen LogP contribution in [0.25, 0.3) is 12.2 Å². The Morgan fingerprint density at radius 3 is 2.39 bits per heavy atom. The van der Waals surface area contributed by atoms with Crippen LogP contribution in [0.3, 0.4) is 0 Å². The van der Waals surface area contributed by atoms with E-state index in [-0.39, 0.29) is 5.75 Å². The molecule has 0 heterocycles.